The molecule has 0 atom stereocenters. The standard InChI is InChI=1S/C15H17NO3/c1-4-19-15(18)13-6-11-5-9(2)14(16-10(3)17)8-12(11)7-13/h5,7-8H,4,6H2,1-3H3,(H,16,17). The van der Waals surface area contributed by atoms with Gasteiger partial charge in [0.15, 0.2) is 0 Å². The summed E-state index contributed by atoms with van der Waals surface area (Å²) in [4.78, 5) is 22.8. The molecule has 2 rings (SSSR count). The fourth-order valence-electron chi connectivity index (χ4n) is 2.20. The van der Waals surface area contributed by atoms with Gasteiger partial charge < -0.3 is 10.1 Å². The van der Waals surface area contributed by atoms with Crippen LogP contribution in [0.1, 0.15) is 30.5 Å². The quantitative estimate of drug-likeness (QED) is 0.848. The van der Waals surface area contributed by atoms with Gasteiger partial charge in [0.05, 0.1) is 6.61 Å². The highest BCUT2D eigenvalue weighted by Gasteiger charge is 2.20. The van der Waals surface area contributed by atoms with Gasteiger partial charge in [-0.2, -0.15) is 0 Å². The third kappa shape index (κ3) is 2.84. The van der Waals surface area contributed by atoms with Gasteiger partial charge in [0.1, 0.15) is 0 Å². The first-order valence-electron chi connectivity index (χ1n) is 6.30. The van der Waals surface area contributed by atoms with Gasteiger partial charge in [-0.1, -0.05) is 6.07 Å². The summed E-state index contributed by atoms with van der Waals surface area (Å²) < 4.78 is 5.01. The summed E-state index contributed by atoms with van der Waals surface area (Å²) in [5, 5.41) is 2.79. The molecule has 0 aliphatic heterocycles. The third-order valence-electron chi connectivity index (χ3n) is 3.05. The number of ether oxygens (including phenoxy) is 1. The van der Waals surface area contributed by atoms with Crippen LogP contribution in [0.5, 0.6) is 0 Å². The smallest absolute Gasteiger partial charge is 0.334 e. The zero-order valence-corrected chi connectivity index (χ0v) is 11.4. The van der Waals surface area contributed by atoms with E-state index in [0.717, 1.165) is 22.4 Å². The molecule has 100 valence electrons. The molecule has 0 spiro atoms. The van der Waals surface area contributed by atoms with Crippen LogP contribution in [-0.2, 0) is 20.7 Å². The van der Waals surface area contributed by atoms with Crippen LogP contribution in [0.2, 0.25) is 0 Å². The highest BCUT2D eigenvalue weighted by atomic mass is 16.5. The van der Waals surface area contributed by atoms with E-state index in [1.807, 2.05) is 25.1 Å². The van der Waals surface area contributed by atoms with Crippen LogP contribution in [0.25, 0.3) is 6.08 Å². The van der Waals surface area contributed by atoms with Crippen LogP contribution < -0.4 is 5.32 Å². The summed E-state index contributed by atoms with van der Waals surface area (Å²) in [5.74, 6) is -0.368. The van der Waals surface area contributed by atoms with Crippen LogP contribution in [0, 0.1) is 6.92 Å². The van der Waals surface area contributed by atoms with E-state index < -0.39 is 0 Å². The molecule has 1 amide bonds. The lowest BCUT2D eigenvalue weighted by Gasteiger charge is -2.09. The molecule has 1 N–H and O–H groups in total. The zero-order valence-electron chi connectivity index (χ0n) is 11.4. The van der Waals surface area contributed by atoms with Crippen molar-refractivity contribution in [3.8, 4) is 0 Å². The lowest BCUT2D eigenvalue weighted by atomic mass is 10.0. The minimum absolute atomic E-state index is 0.101. The summed E-state index contributed by atoms with van der Waals surface area (Å²) >= 11 is 0. The summed E-state index contributed by atoms with van der Waals surface area (Å²) in [6.07, 6.45) is 2.42. The molecule has 0 radical (unpaired) electrons. The summed E-state index contributed by atoms with van der Waals surface area (Å²) in [6, 6.07) is 3.90. The number of carbonyl (C=O) groups excluding carboxylic acids is 2. The number of benzene rings is 1. The zero-order chi connectivity index (χ0) is 14.0. The van der Waals surface area contributed by atoms with Crippen LogP contribution in [0.3, 0.4) is 0 Å². The first-order chi connectivity index (χ1) is 9.01. The SMILES string of the molecule is CCOC(=O)C1=Cc2cc(NC(C)=O)c(C)cc2C1. The minimum atomic E-state index is -0.266. The number of carbonyl (C=O) groups is 2. The second-order valence-electron chi connectivity index (χ2n) is 4.61. The monoisotopic (exact) mass is 259 g/mol. The average Bonchev–Trinajstić information content (AvgIpc) is 2.72. The molecule has 1 aromatic carbocycles. The van der Waals surface area contributed by atoms with Gasteiger partial charge >= 0.3 is 5.97 Å². The fourth-order valence-corrected chi connectivity index (χ4v) is 2.20. The van der Waals surface area contributed by atoms with Crippen molar-refractivity contribution in [2.45, 2.75) is 27.2 Å². The van der Waals surface area contributed by atoms with Crippen molar-refractivity contribution in [1.29, 1.82) is 0 Å². The second-order valence-corrected chi connectivity index (χ2v) is 4.61. The first kappa shape index (κ1) is 13.3. The summed E-state index contributed by atoms with van der Waals surface area (Å²) in [7, 11) is 0. The average molecular weight is 259 g/mol. The fraction of sp³-hybridized carbons (Fsp3) is 0.333. The molecule has 1 aliphatic rings. The van der Waals surface area contributed by atoms with Gasteiger partial charge in [-0.05, 0) is 42.7 Å². The molecular formula is C15H17NO3. The molecule has 1 aromatic rings. The largest absolute Gasteiger partial charge is 0.463 e. The Labute approximate surface area is 112 Å². The molecule has 0 saturated heterocycles. The Kier molecular flexibility index (Phi) is 3.69. The highest BCUT2D eigenvalue weighted by Crippen LogP contribution is 2.30. The third-order valence-corrected chi connectivity index (χ3v) is 3.05. The Hall–Kier alpha value is -2.10. The molecule has 4 heteroatoms. The molecule has 19 heavy (non-hydrogen) atoms. The Morgan fingerprint density at radius 2 is 2.11 bits per heavy atom. The van der Waals surface area contributed by atoms with Gasteiger partial charge in [0, 0.05) is 24.6 Å². The van der Waals surface area contributed by atoms with Crippen molar-refractivity contribution in [1.82, 2.24) is 0 Å². The number of amides is 1. The van der Waals surface area contributed by atoms with E-state index in [9.17, 15) is 9.59 Å². The van der Waals surface area contributed by atoms with Crippen LogP contribution >= 0.6 is 0 Å². The number of fused-ring (bicyclic) bond motifs is 1. The Bertz CT molecular complexity index is 573. The second kappa shape index (κ2) is 5.26. The van der Waals surface area contributed by atoms with Gasteiger partial charge in [-0.15, -0.1) is 0 Å². The minimum Gasteiger partial charge on any atom is -0.463 e. The van der Waals surface area contributed by atoms with Gasteiger partial charge in [-0.3, -0.25) is 4.79 Å². The highest BCUT2D eigenvalue weighted by molar-refractivity contribution is 5.97. The van der Waals surface area contributed by atoms with Crippen molar-refractivity contribution in [3.63, 3.8) is 0 Å². The van der Waals surface area contributed by atoms with E-state index in [0.29, 0.717) is 18.6 Å². The van der Waals surface area contributed by atoms with E-state index >= 15 is 0 Å². The molecule has 0 aromatic heterocycles. The maximum atomic E-state index is 11.7. The van der Waals surface area contributed by atoms with E-state index in [1.54, 1.807) is 6.92 Å². The lowest BCUT2D eigenvalue weighted by molar-refractivity contribution is -0.138. The number of nitrogens with one attached hydrogen (secondary N) is 1. The maximum absolute atomic E-state index is 11.7. The number of esters is 1. The van der Waals surface area contributed by atoms with Gasteiger partial charge in [-0.25, -0.2) is 4.79 Å². The molecule has 0 heterocycles. The number of rotatable bonds is 3. The van der Waals surface area contributed by atoms with Crippen molar-refractivity contribution < 1.29 is 14.3 Å². The Morgan fingerprint density at radius 1 is 1.37 bits per heavy atom. The number of hydrogen-bond donors (Lipinski definition) is 1. The molecule has 0 fully saturated rings. The number of anilines is 1. The molecule has 0 unspecified atom stereocenters. The maximum Gasteiger partial charge on any atom is 0.334 e. The predicted octanol–water partition coefficient (Wildman–Crippen LogP) is 2.46. The summed E-state index contributed by atoms with van der Waals surface area (Å²) in [6.45, 7) is 5.59. The normalized spacial score (nSPS) is 12.7. The topological polar surface area (TPSA) is 55.4 Å². The van der Waals surface area contributed by atoms with E-state index in [4.69, 9.17) is 4.74 Å². The Balaban J connectivity index is 2.28. The molecule has 0 bridgehead atoms. The van der Waals surface area contributed by atoms with Crippen molar-refractivity contribution in [2.24, 2.45) is 0 Å². The molecular weight excluding hydrogens is 242 g/mol. The van der Waals surface area contributed by atoms with Crippen molar-refractivity contribution in [2.75, 3.05) is 11.9 Å². The van der Waals surface area contributed by atoms with Gasteiger partial charge in [0.2, 0.25) is 5.91 Å². The van der Waals surface area contributed by atoms with Crippen LogP contribution in [0.15, 0.2) is 17.7 Å². The first-order valence-corrected chi connectivity index (χ1v) is 6.30. The Morgan fingerprint density at radius 3 is 2.74 bits per heavy atom. The lowest BCUT2D eigenvalue weighted by Crippen LogP contribution is -2.08. The van der Waals surface area contributed by atoms with E-state index in [1.165, 1.54) is 6.92 Å². The van der Waals surface area contributed by atoms with E-state index in [-0.39, 0.29) is 11.9 Å². The van der Waals surface area contributed by atoms with Gasteiger partial charge in [0.25, 0.3) is 0 Å². The van der Waals surface area contributed by atoms with E-state index in [2.05, 4.69) is 5.32 Å². The van der Waals surface area contributed by atoms with Crippen LogP contribution in [0.4, 0.5) is 5.69 Å². The summed E-state index contributed by atoms with van der Waals surface area (Å²) in [5.41, 5.74) is 4.50. The molecule has 0 saturated carbocycles. The number of aryl methyl sites for hydroxylation is 1. The van der Waals surface area contributed by atoms with Crippen molar-refractivity contribution in [3.05, 3.63) is 34.4 Å². The van der Waals surface area contributed by atoms with Crippen molar-refractivity contribution >= 4 is 23.6 Å². The van der Waals surface area contributed by atoms with Crippen LogP contribution in [-0.4, -0.2) is 18.5 Å². The number of hydrogen-bond acceptors (Lipinski definition) is 3. The molecule has 4 nitrogen and oxygen atoms in total. The molecule has 1 aliphatic carbocycles. The predicted molar refractivity (Wildman–Crippen MR) is 73.8 cm³/mol.